The third kappa shape index (κ3) is 5.36. The molecule has 0 bridgehead atoms. The third-order valence-electron chi connectivity index (χ3n) is 4.06. The minimum Gasteiger partial charge on any atom is -0.305 e. The normalized spacial score (nSPS) is 10.0. The fourth-order valence-electron chi connectivity index (χ4n) is 2.69. The maximum Gasteiger partial charge on any atom is 0.0160 e. The number of hydrogen-bond donors (Lipinski definition) is 0. The summed E-state index contributed by atoms with van der Waals surface area (Å²) in [6, 6.07) is 23.5. The zero-order chi connectivity index (χ0) is 20.8. The van der Waals surface area contributed by atoms with Crippen LogP contribution >= 0.6 is 0 Å². The SMILES string of the molecule is Fc1cc(F)c(-n2cccn2)[c-]c1-n1cccn1.[IrH+2].[c-]1ccccc1-c1ccccn1. The Hall–Kier alpha value is -3.48. The van der Waals surface area contributed by atoms with Crippen LogP contribution in [0.4, 0.5) is 8.78 Å². The Morgan fingerprint density at radius 2 is 1.39 bits per heavy atom. The summed E-state index contributed by atoms with van der Waals surface area (Å²) in [5.74, 6) is -1.46. The van der Waals surface area contributed by atoms with Crippen LogP contribution in [0, 0.1) is 23.8 Å². The molecule has 31 heavy (non-hydrogen) atoms. The van der Waals surface area contributed by atoms with Crippen molar-refractivity contribution in [2.24, 2.45) is 0 Å². The zero-order valence-corrected chi connectivity index (χ0v) is 18.5. The van der Waals surface area contributed by atoms with Gasteiger partial charge in [-0.15, -0.1) is 42.0 Å². The van der Waals surface area contributed by atoms with E-state index in [1.807, 2.05) is 42.5 Å². The molecule has 8 heteroatoms. The number of benzene rings is 2. The first-order valence-electron chi connectivity index (χ1n) is 9.02. The Bertz CT molecular complexity index is 1100. The molecule has 3 aromatic heterocycles. The summed E-state index contributed by atoms with van der Waals surface area (Å²) in [6.45, 7) is 0. The van der Waals surface area contributed by atoms with E-state index in [9.17, 15) is 8.78 Å². The van der Waals surface area contributed by atoms with Gasteiger partial charge in [0.05, 0.1) is 0 Å². The van der Waals surface area contributed by atoms with Crippen LogP contribution < -0.4 is 0 Å². The van der Waals surface area contributed by atoms with Gasteiger partial charge in [0.2, 0.25) is 0 Å². The van der Waals surface area contributed by atoms with Crippen molar-refractivity contribution in [3.8, 4) is 22.6 Å². The number of pyridine rings is 1. The van der Waals surface area contributed by atoms with E-state index in [1.165, 1.54) is 21.8 Å². The van der Waals surface area contributed by atoms with Gasteiger partial charge in [0, 0.05) is 42.6 Å². The molecule has 0 spiro atoms. The molecule has 0 aliphatic rings. The Morgan fingerprint density at radius 3 is 1.87 bits per heavy atom. The average Bonchev–Trinajstić information content (AvgIpc) is 3.50. The van der Waals surface area contributed by atoms with Crippen molar-refractivity contribution in [1.82, 2.24) is 24.5 Å². The number of nitrogens with zero attached hydrogens (tertiary/aromatic N) is 5. The molecular weight excluding hydrogens is 577 g/mol. The molecule has 5 aromatic rings. The van der Waals surface area contributed by atoms with Crippen LogP contribution in [0.15, 0.2) is 91.6 Å². The molecule has 1 radical (unpaired) electrons. The smallest absolute Gasteiger partial charge is 0.0160 e. The topological polar surface area (TPSA) is 48.5 Å². The van der Waals surface area contributed by atoms with Crippen LogP contribution in [0.2, 0.25) is 0 Å². The van der Waals surface area contributed by atoms with Gasteiger partial charge >= 0.3 is 20.1 Å². The van der Waals surface area contributed by atoms with Crippen LogP contribution in [0.25, 0.3) is 22.6 Å². The Morgan fingerprint density at radius 1 is 0.742 bits per heavy atom. The quantitative estimate of drug-likeness (QED) is 0.292. The van der Waals surface area contributed by atoms with Crippen LogP contribution in [-0.2, 0) is 20.1 Å². The fourth-order valence-corrected chi connectivity index (χ4v) is 2.69. The fraction of sp³-hybridized carbons (Fsp3) is 0. The van der Waals surface area contributed by atoms with Crippen molar-refractivity contribution in [2.45, 2.75) is 0 Å². The average molecular weight is 593 g/mol. The van der Waals surface area contributed by atoms with E-state index in [-0.39, 0.29) is 31.5 Å². The summed E-state index contributed by atoms with van der Waals surface area (Å²) < 4.78 is 29.9. The molecule has 0 saturated carbocycles. The second-order valence-electron chi connectivity index (χ2n) is 6.05. The standard InChI is InChI=1S/C12H7F2N4.C11H8N.Ir.H/c13-9-7-10(14)12(18-6-2-4-16-18)8-11(9)17-5-1-3-15-17;1-2-6-10(7-3-1)11-8-4-5-9-12-11;;/h1-7H;1-6,8-9H;;/q2*-1;+2;. The molecular formula is C23H16F2IrN5. The van der Waals surface area contributed by atoms with Gasteiger partial charge in [-0.3, -0.25) is 18.1 Å². The maximum absolute atomic E-state index is 13.7. The molecule has 156 valence electrons. The van der Waals surface area contributed by atoms with E-state index in [0.717, 1.165) is 17.3 Å². The van der Waals surface area contributed by atoms with Crippen LogP contribution in [0.5, 0.6) is 0 Å². The molecule has 0 aliphatic carbocycles. The van der Waals surface area contributed by atoms with E-state index in [4.69, 9.17) is 0 Å². The van der Waals surface area contributed by atoms with E-state index in [1.54, 1.807) is 30.7 Å². The van der Waals surface area contributed by atoms with Gasteiger partial charge in [0.1, 0.15) is 0 Å². The van der Waals surface area contributed by atoms with Gasteiger partial charge in [-0.1, -0.05) is 18.2 Å². The second-order valence-corrected chi connectivity index (χ2v) is 6.05. The molecule has 5 nitrogen and oxygen atoms in total. The maximum atomic E-state index is 13.7. The van der Waals surface area contributed by atoms with Crippen molar-refractivity contribution >= 4 is 0 Å². The number of aromatic nitrogens is 5. The molecule has 0 fully saturated rings. The first-order chi connectivity index (χ1) is 14.7. The van der Waals surface area contributed by atoms with Crippen molar-refractivity contribution in [3.63, 3.8) is 0 Å². The van der Waals surface area contributed by atoms with Gasteiger partial charge in [-0.2, -0.15) is 10.2 Å². The van der Waals surface area contributed by atoms with E-state index in [2.05, 4.69) is 27.3 Å². The largest absolute Gasteiger partial charge is 0.305 e. The molecule has 3 heterocycles. The van der Waals surface area contributed by atoms with E-state index < -0.39 is 11.6 Å². The van der Waals surface area contributed by atoms with Crippen LogP contribution in [0.1, 0.15) is 0 Å². The van der Waals surface area contributed by atoms with Gasteiger partial charge < -0.3 is 4.98 Å². The summed E-state index contributed by atoms with van der Waals surface area (Å²) in [5.41, 5.74) is 2.11. The third-order valence-corrected chi connectivity index (χ3v) is 4.06. The monoisotopic (exact) mass is 593 g/mol. The molecule has 0 N–H and O–H groups in total. The Balaban J connectivity index is 0.000000183. The summed E-state index contributed by atoms with van der Waals surface area (Å²) in [7, 11) is 0. The molecule has 0 saturated heterocycles. The van der Waals surface area contributed by atoms with Crippen molar-refractivity contribution < 1.29 is 28.9 Å². The van der Waals surface area contributed by atoms with Crippen molar-refractivity contribution in [1.29, 1.82) is 0 Å². The molecule has 0 atom stereocenters. The Kier molecular flexibility index (Phi) is 7.54. The van der Waals surface area contributed by atoms with Crippen LogP contribution in [-0.4, -0.2) is 24.5 Å². The number of hydrogen-bond acceptors (Lipinski definition) is 3. The predicted molar refractivity (Wildman–Crippen MR) is 109 cm³/mol. The molecule has 2 aromatic carbocycles. The van der Waals surface area contributed by atoms with E-state index >= 15 is 0 Å². The second kappa shape index (κ2) is 10.5. The summed E-state index contributed by atoms with van der Waals surface area (Å²) >= 11 is 0. The van der Waals surface area contributed by atoms with Gasteiger partial charge in [-0.25, -0.2) is 0 Å². The minimum atomic E-state index is -0.730. The summed E-state index contributed by atoms with van der Waals surface area (Å²) in [6.07, 6.45) is 7.91. The zero-order valence-electron chi connectivity index (χ0n) is 16.0. The summed E-state index contributed by atoms with van der Waals surface area (Å²) in [4.78, 5) is 4.22. The van der Waals surface area contributed by atoms with Crippen molar-refractivity contribution in [3.05, 3.63) is 115 Å². The first kappa shape index (κ1) is 22.2. The molecule has 0 unspecified atom stereocenters. The van der Waals surface area contributed by atoms with Crippen LogP contribution in [0.3, 0.4) is 0 Å². The molecule has 5 rings (SSSR count). The number of halogens is 2. The molecule has 0 amide bonds. The van der Waals surface area contributed by atoms with Crippen molar-refractivity contribution in [2.75, 3.05) is 0 Å². The van der Waals surface area contributed by atoms with E-state index in [0.29, 0.717) is 0 Å². The van der Waals surface area contributed by atoms with Gasteiger partial charge in [-0.05, 0) is 35.3 Å². The Labute approximate surface area is 191 Å². The minimum absolute atomic E-state index is 0. The number of rotatable bonds is 3. The summed E-state index contributed by atoms with van der Waals surface area (Å²) in [5, 5.41) is 7.79. The van der Waals surface area contributed by atoms with Gasteiger partial charge in [0.25, 0.3) is 0 Å². The van der Waals surface area contributed by atoms with Gasteiger partial charge in [0.15, 0.2) is 0 Å². The first-order valence-corrected chi connectivity index (χ1v) is 9.02. The predicted octanol–water partition coefficient (Wildman–Crippen LogP) is 4.41. The molecule has 0 aliphatic heterocycles.